The van der Waals surface area contributed by atoms with Crippen LogP contribution in [0.2, 0.25) is 0 Å². The number of halogens is 2. The van der Waals surface area contributed by atoms with E-state index in [0.717, 1.165) is 25.2 Å². The Morgan fingerprint density at radius 1 is 1.18 bits per heavy atom. The molecule has 0 aromatic heterocycles. The van der Waals surface area contributed by atoms with Crippen molar-refractivity contribution in [1.82, 2.24) is 9.80 Å². The fourth-order valence-corrected chi connectivity index (χ4v) is 1.84. The molecule has 0 radical (unpaired) electrons. The van der Waals surface area contributed by atoms with Crippen molar-refractivity contribution in [3.8, 4) is 0 Å². The van der Waals surface area contributed by atoms with Gasteiger partial charge in [-0.3, -0.25) is 4.79 Å². The van der Waals surface area contributed by atoms with Gasteiger partial charge in [-0.25, -0.2) is 8.78 Å². The van der Waals surface area contributed by atoms with Gasteiger partial charge in [0, 0.05) is 32.2 Å². The number of amides is 1. The molecule has 1 amide bonds. The summed E-state index contributed by atoms with van der Waals surface area (Å²) in [5.41, 5.74) is -0.0593. The second-order valence-electron chi connectivity index (χ2n) is 4.22. The van der Waals surface area contributed by atoms with Gasteiger partial charge in [-0.05, 0) is 19.2 Å². The van der Waals surface area contributed by atoms with Crippen LogP contribution in [0.4, 0.5) is 8.78 Å². The van der Waals surface area contributed by atoms with Crippen LogP contribution in [0.1, 0.15) is 10.4 Å². The summed E-state index contributed by atoms with van der Waals surface area (Å²) < 4.78 is 26.2. The van der Waals surface area contributed by atoms with Crippen LogP contribution in [-0.2, 0) is 0 Å². The molecule has 1 saturated heterocycles. The lowest BCUT2D eigenvalue weighted by molar-refractivity contribution is 0.0659. The highest BCUT2D eigenvalue weighted by molar-refractivity contribution is 5.94. The molecule has 1 aliphatic heterocycles. The van der Waals surface area contributed by atoms with Crippen LogP contribution in [0.15, 0.2) is 18.2 Å². The first-order valence-corrected chi connectivity index (χ1v) is 5.51. The molecule has 0 unspecified atom stereocenters. The van der Waals surface area contributed by atoms with E-state index in [1.165, 1.54) is 6.07 Å². The van der Waals surface area contributed by atoms with Crippen LogP contribution < -0.4 is 0 Å². The van der Waals surface area contributed by atoms with Crippen LogP contribution in [-0.4, -0.2) is 48.9 Å². The number of benzene rings is 1. The molecule has 0 atom stereocenters. The molecule has 17 heavy (non-hydrogen) atoms. The Balaban J connectivity index is 2.14. The molecule has 92 valence electrons. The molecular formula is C12H14F2N2O. The molecule has 0 N–H and O–H groups in total. The second kappa shape index (κ2) is 4.79. The second-order valence-corrected chi connectivity index (χ2v) is 4.22. The van der Waals surface area contributed by atoms with E-state index in [4.69, 9.17) is 0 Å². The number of carbonyl (C=O) groups is 1. The summed E-state index contributed by atoms with van der Waals surface area (Å²) in [6.45, 7) is 2.70. The maximum atomic E-state index is 13.4. The van der Waals surface area contributed by atoms with E-state index in [1.54, 1.807) is 4.90 Å². The lowest BCUT2D eigenvalue weighted by atomic mass is 10.1. The van der Waals surface area contributed by atoms with E-state index < -0.39 is 11.6 Å². The SMILES string of the molecule is CN1CCN(C(=O)c2ccc(F)cc2F)CC1. The third-order valence-electron chi connectivity index (χ3n) is 2.95. The molecule has 2 rings (SSSR count). The molecule has 0 bridgehead atoms. The standard InChI is InChI=1S/C12H14F2N2O/c1-15-4-6-16(7-5-15)12(17)10-3-2-9(13)8-11(10)14/h2-3,8H,4-7H2,1H3. The number of piperazine rings is 1. The number of hydrogen-bond acceptors (Lipinski definition) is 2. The smallest absolute Gasteiger partial charge is 0.256 e. The van der Waals surface area contributed by atoms with Crippen molar-refractivity contribution in [1.29, 1.82) is 0 Å². The molecule has 1 aromatic rings. The van der Waals surface area contributed by atoms with E-state index >= 15 is 0 Å². The van der Waals surface area contributed by atoms with Crippen molar-refractivity contribution in [3.05, 3.63) is 35.4 Å². The van der Waals surface area contributed by atoms with Gasteiger partial charge in [0.05, 0.1) is 5.56 Å². The lowest BCUT2D eigenvalue weighted by Crippen LogP contribution is -2.47. The zero-order valence-electron chi connectivity index (χ0n) is 9.62. The molecule has 3 nitrogen and oxygen atoms in total. The number of nitrogens with zero attached hydrogens (tertiary/aromatic N) is 2. The molecule has 5 heteroatoms. The lowest BCUT2D eigenvalue weighted by Gasteiger charge is -2.32. The summed E-state index contributed by atoms with van der Waals surface area (Å²) in [5.74, 6) is -1.83. The third-order valence-corrected chi connectivity index (χ3v) is 2.95. The van der Waals surface area contributed by atoms with Gasteiger partial charge in [0.2, 0.25) is 0 Å². The molecular weight excluding hydrogens is 226 g/mol. The van der Waals surface area contributed by atoms with Crippen molar-refractivity contribution in [2.24, 2.45) is 0 Å². The Kier molecular flexibility index (Phi) is 3.38. The van der Waals surface area contributed by atoms with Crippen LogP contribution >= 0.6 is 0 Å². The maximum Gasteiger partial charge on any atom is 0.256 e. The topological polar surface area (TPSA) is 23.6 Å². The van der Waals surface area contributed by atoms with Gasteiger partial charge in [-0.1, -0.05) is 0 Å². The van der Waals surface area contributed by atoms with Gasteiger partial charge in [-0.15, -0.1) is 0 Å². The van der Waals surface area contributed by atoms with Crippen molar-refractivity contribution in [2.75, 3.05) is 33.2 Å². The van der Waals surface area contributed by atoms with Gasteiger partial charge in [0.15, 0.2) is 0 Å². The summed E-state index contributed by atoms with van der Waals surface area (Å²) in [6.07, 6.45) is 0. The van der Waals surface area contributed by atoms with E-state index in [1.807, 2.05) is 7.05 Å². The number of carbonyl (C=O) groups excluding carboxylic acids is 1. The summed E-state index contributed by atoms with van der Waals surface area (Å²) in [5, 5.41) is 0. The number of likely N-dealkylation sites (N-methyl/N-ethyl adjacent to an activating group) is 1. The number of rotatable bonds is 1. The highest BCUT2D eigenvalue weighted by atomic mass is 19.1. The van der Waals surface area contributed by atoms with Crippen LogP contribution in [0.5, 0.6) is 0 Å². The first kappa shape index (κ1) is 12.0. The molecule has 1 aliphatic rings. The molecule has 0 spiro atoms. The number of hydrogen-bond donors (Lipinski definition) is 0. The summed E-state index contributed by atoms with van der Waals surface area (Å²) in [4.78, 5) is 15.7. The third kappa shape index (κ3) is 2.61. The average molecular weight is 240 g/mol. The molecule has 1 fully saturated rings. The zero-order chi connectivity index (χ0) is 12.4. The van der Waals surface area contributed by atoms with Crippen molar-refractivity contribution >= 4 is 5.91 Å². The maximum absolute atomic E-state index is 13.4. The van der Waals surface area contributed by atoms with Gasteiger partial charge >= 0.3 is 0 Å². The normalized spacial score (nSPS) is 17.2. The van der Waals surface area contributed by atoms with Crippen LogP contribution in [0.25, 0.3) is 0 Å². The Hall–Kier alpha value is -1.49. The largest absolute Gasteiger partial charge is 0.336 e. The van der Waals surface area contributed by atoms with Crippen molar-refractivity contribution in [2.45, 2.75) is 0 Å². The summed E-state index contributed by atoms with van der Waals surface area (Å²) >= 11 is 0. The Bertz CT molecular complexity index is 429. The summed E-state index contributed by atoms with van der Waals surface area (Å²) in [7, 11) is 1.97. The first-order valence-electron chi connectivity index (χ1n) is 5.51. The zero-order valence-corrected chi connectivity index (χ0v) is 9.62. The minimum absolute atomic E-state index is 0.0593. The van der Waals surface area contributed by atoms with E-state index in [-0.39, 0.29) is 11.5 Å². The average Bonchev–Trinajstić information content (AvgIpc) is 2.29. The predicted octanol–water partition coefficient (Wildman–Crippen LogP) is 1.35. The highest BCUT2D eigenvalue weighted by Crippen LogP contribution is 2.13. The summed E-state index contributed by atoms with van der Waals surface area (Å²) in [6, 6.07) is 3.04. The van der Waals surface area contributed by atoms with E-state index in [9.17, 15) is 13.6 Å². The van der Waals surface area contributed by atoms with Gasteiger partial charge in [0.1, 0.15) is 11.6 Å². The molecule has 1 aromatic carbocycles. The Labute approximate surface area is 98.6 Å². The molecule has 0 aliphatic carbocycles. The van der Waals surface area contributed by atoms with Crippen LogP contribution in [0.3, 0.4) is 0 Å². The Morgan fingerprint density at radius 2 is 1.82 bits per heavy atom. The minimum Gasteiger partial charge on any atom is -0.336 e. The molecule has 1 heterocycles. The van der Waals surface area contributed by atoms with Gasteiger partial charge in [0.25, 0.3) is 5.91 Å². The first-order chi connectivity index (χ1) is 8.08. The Morgan fingerprint density at radius 3 is 2.41 bits per heavy atom. The molecule has 0 saturated carbocycles. The quantitative estimate of drug-likeness (QED) is 0.740. The highest BCUT2D eigenvalue weighted by Gasteiger charge is 2.22. The van der Waals surface area contributed by atoms with Gasteiger partial charge in [-0.2, -0.15) is 0 Å². The fraction of sp³-hybridized carbons (Fsp3) is 0.417. The van der Waals surface area contributed by atoms with Crippen LogP contribution in [0, 0.1) is 11.6 Å². The van der Waals surface area contributed by atoms with Crippen molar-refractivity contribution < 1.29 is 13.6 Å². The van der Waals surface area contributed by atoms with E-state index in [0.29, 0.717) is 13.1 Å². The van der Waals surface area contributed by atoms with E-state index in [2.05, 4.69) is 4.90 Å². The minimum atomic E-state index is -0.797. The monoisotopic (exact) mass is 240 g/mol. The van der Waals surface area contributed by atoms with Crippen molar-refractivity contribution in [3.63, 3.8) is 0 Å². The van der Waals surface area contributed by atoms with Gasteiger partial charge < -0.3 is 9.80 Å². The fourth-order valence-electron chi connectivity index (χ4n) is 1.84. The predicted molar refractivity (Wildman–Crippen MR) is 59.8 cm³/mol.